The van der Waals surface area contributed by atoms with E-state index in [1.54, 1.807) is 0 Å². The van der Waals surface area contributed by atoms with E-state index in [0.717, 1.165) is 11.9 Å². The summed E-state index contributed by atoms with van der Waals surface area (Å²) in [5.74, 6) is 0.159. The van der Waals surface area contributed by atoms with Crippen molar-refractivity contribution >= 4 is 16.8 Å². The van der Waals surface area contributed by atoms with Crippen molar-refractivity contribution in [3.63, 3.8) is 0 Å². The van der Waals surface area contributed by atoms with E-state index in [4.69, 9.17) is 5.11 Å². The highest BCUT2D eigenvalue weighted by Gasteiger charge is 2.12. The third-order valence-electron chi connectivity index (χ3n) is 3.60. The van der Waals surface area contributed by atoms with Crippen LogP contribution in [0, 0.1) is 0 Å². The molecule has 0 saturated carbocycles. The Morgan fingerprint density at radius 3 is 2.90 bits per heavy atom. The van der Waals surface area contributed by atoms with Crippen molar-refractivity contribution in [2.24, 2.45) is 0 Å². The minimum absolute atomic E-state index is 0.131. The summed E-state index contributed by atoms with van der Waals surface area (Å²) in [5, 5.41) is 10.0. The number of fused-ring (bicyclic) bond motifs is 1. The normalized spacial score (nSPS) is 10.9. The van der Waals surface area contributed by atoms with E-state index < -0.39 is 0 Å². The molecule has 2 N–H and O–H groups in total. The zero-order valence-corrected chi connectivity index (χ0v) is 11.9. The summed E-state index contributed by atoms with van der Waals surface area (Å²) in [6.07, 6.45) is 3.90. The van der Waals surface area contributed by atoms with Gasteiger partial charge in [-0.3, -0.25) is 4.79 Å². The molecule has 1 heterocycles. The van der Waals surface area contributed by atoms with Crippen molar-refractivity contribution in [3.8, 4) is 0 Å². The molecule has 0 radical (unpaired) electrons. The van der Waals surface area contributed by atoms with Gasteiger partial charge in [-0.15, -0.1) is 0 Å². The number of hydrogen-bond acceptors (Lipinski definition) is 2. The molecule has 1 aromatic heterocycles. The largest absolute Gasteiger partial charge is 0.396 e. The van der Waals surface area contributed by atoms with Crippen LogP contribution in [0.4, 0.5) is 0 Å². The molecule has 1 amide bonds. The van der Waals surface area contributed by atoms with E-state index in [2.05, 4.69) is 11.1 Å². The lowest BCUT2D eigenvalue weighted by Gasteiger charge is -2.20. The van der Waals surface area contributed by atoms with E-state index in [-0.39, 0.29) is 12.5 Å². The molecule has 0 unspecified atom stereocenters. The van der Waals surface area contributed by atoms with Gasteiger partial charge in [0.15, 0.2) is 0 Å². The number of amides is 1. The maximum Gasteiger partial charge on any atom is 0.222 e. The van der Waals surface area contributed by atoms with Crippen LogP contribution < -0.4 is 0 Å². The second-order valence-electron chi connectivity index (χ2n) is 4.91. The molecule has 0 aliphatic heterocycles. The number of carbonyl (C=O) groups excluding carboxylic acids is 1. The van der Waals surface area contributed by atoms with Crippen molar-refractivity contribution < 1.29 is 9.90 Å². The van der Waals surface area contributed by atoms with Gasteiger partial charge < -0.3 is 15.0 Å². The molecule has 0 atom stereocenters. The van der Waals surface area contributed by atoms with Crippen LogP contribution in [-0.4, -0.2) is 40.6 Å². The number of nitrogens with zero attached hydrogens (tertiary/aromatic N) is 1. The van der Waals surface area contributed by atoms with E-state index in [9.17, 15) is 4.79 Å². The molecular formula is C16H22N2O2. The zero-order valence-electron chi connectivity index (χ0n) is 11.9. The Bertz CT molecular complexity index is 562. The molecule has 4 nitrogen and oxygen atoms in total. The van der Waals surface area contributed by atoms with Crippen LogP contribution in [0.5, 0.6) is 0 Å². The number of benzene rings is 1. The standard InChI is InChI=1S/C16H22N2O2/c1-2-18(10-5-11-19)16(20)9-8-13-12-17-15-7-4-3-6-14(13)15/h3-4,6-7,12,17,19H,2,5,8-11H2,1H3. The van der Waals surface area contributed by atoms with Crippen LogP contribution in [0.3, 0.4) is 0 Å². The lowest BCUT2D eigenvalue weighted by atomic mass is 10.1. The number of rotatable bonds is 7. The highest BCUT2D eigenvalue weighted by atomic mass is 16.3. The molecule has 0 aliphatic carbocycles. The average molecular weight is 274 g/mol. The van der Waals surface area contributed by atoms with Gasteiger partial charge in [0.2, 0.25) is 5.91 Å². The zero-order chi connectivity index (χ0) is 14.4. The summed E-state index contributed by atoms with van der Waals surface area (Å²) in [4.78, 5) is 17.2. The van der Waals surface area contributed by atoms with E-state index in [1.165, 1.54) is 10.9 Å². The van der Waals surface area contributed by atoms with Gasteiger partial charge in [-0.05, 0) is 31.4 Å². The van der Waals surface area contributed by atoms with Crippen molar-refractivity contribution in [3.05, 3.63) is 36.0 Å². The van der Waals surface area contributed by atoms with Crippen LogP contribution in [-0.2, 0) is 11.2 Å². The molecule has 0 spiro atoms. The monoisotopic (exact) mass is 274 g/mol. The number of aromatic amines is 1. The predicted molar refractivity (Wildman–Crippen MR) is 80.6 cm³/mol. The van der Waals surface area contributed by atoms with E-state index >= 15 is 0 Å². The average Bonchev–Trinajstić information content (AvgIpc) is 2.89. The smallest absolute Gasteiger partial charge is 0.222 e. The number of carbonyl (C=O) groups is 1. The van der Waals surface area contributed by atoms with Crippen LogP contribution in [0.1, 0.15) is 25.3 Å². The summed E-state index contributed by atoms with van der Waals surface area (Å²) in [7, 11) is 0. The molecule has 20 heavy (non-hydrogen) atoms. The molecule has 2 aromatic rings. The van der Waals surface area contributed by atoms with Crippen molar-refractivity contribution in [1.29, 1.82) is 0 Å². The Balaban J connectivity index is 1.95. The summed E-state index contributed by atoms with van der Waals surface area (Å²) >= 11 is 0. The number of para-hydroxylation sites is 1. The van der Waals surface area contributed by atoms with Crippen molar-refractivity contribution in [2.45, 2.75) is 26.2 Å². The number of aryl methyl sites for hydroxylation is 1. The van der Waals surface area contributed by atoms with Crippen LogP contribution in [0.25, 0.3) is 10.9 Å². The minimum Gasteiger partial charge on any atom is -0.396 e. The van der Waals surface area contributed by atoms with Crippen molar-refractivity contribution in [1.82, 2.24) is 9.88 Å². The minimum atomic E-state index is 0.131. The van der Waals surface area contributed by atoms with Gasteiger partial charge in [0.25, 0.3) is 0 Å². The van der Waals surface area contributed by atoms with E-state index in [1.807, 2.05) is 36.2 Å². The maximum absolute atomic E-state index is 12.1. The fourth-order valence-electron chi connectivity index (χ4n) is 2.46. The highest BCUT2D eigenvalue weighted by Crippen LogP contribution is 2.19. The first-order valence-electron chi connectivity index (χ1n) is 7.20. The number of aliphatic hydroxyl groups excluding tert-OH is 1. The summed E-state index contributed by atoms with van der Waals surface area (Å²) in [6, 6.07) is 8.14. The van der Waals surface area contributed by atoms with Crippen LogP contribution >= 0.6 is 0 Å². The first-order chi connectivity index (χ1) is 9.76. The number of hydrogen-bond donors (Lipinski definition) is 2. The van der Waals surface area contributed by atoms with Crippen molar-refractivity contribution in [2.75, 3.05) is 19.7 Å². The van der Waals surface area contributed by atoms with Gasteiger partial charge in [0.1, 0.15) is 0 Å². The van der Waals surface area contributed by atoms with Gasteiger partial charge in [-0.2, -0.15) is 0 Å². The predicted octanol–water partition coefficient (Wildman–Crippen LogP) is 2.33. The van der Waals surface area contributed by atoms with Gasteiger partial charge in [0, 0.05) is 43.2 Å². The molecule has 2 rings (SSSR count). The number of aromatic nitrogens is 1. The Hall–Kier alpha value is -1.81. The first-order valence-corrected chi connectivity index (χ1v) is 7.20. The van der Waals surface area contributed by atoms with Gasteiger partial charge >= 0.3 is 0 Å². The Morgan fingerprint density at radius 1 is 1.35 bits per heavy atom. The third-order valence-corrected chi connectivity index (χ3v) is 3.60. The number of aliphatic hydroxyl groups is 1. The van der Waals surface area contributed by atoms with Gasteiger partial charge in [0.05, 0.1) is 0 Å². The Labute approximate surface area is 119 Å². The third kappa shape index (κ3) is 3.39. The molecule has 108 valence electrons. The topological polar surface area (TPSA) is 56.3 Å². The summed E-state index contributed by atoms with van der Waals surface area (Å²) < 4.78 is 0. The summed E-state index contributed by atoms with van der Waals surface area (Å²) in [6.45, 7) is 3.44. The second kappa shape index (κ2) is 7.10. The molecule has 0 bridgehead atoms. The molecular weight excluding hydrogens is 252 g/mol. The van der Waals surface area contributed by atoms with Gasteiger partial charge in [-0.1, -0.05) is 18.2 Å². The van der Waals surface area contributed by atoms with Gasteiger partial charge in [-0.25, -0.2) is 0 Å². The number of H-pyrrole nitrogens is 1. The fraction of sp³-hybridized carbons (Fsp3) is 0.438. The summed E-state index contributed by atoms with van der Waals surface area (Å²) in [5.41, 5.74) is 2.30. The number of nitrogens with one attached hydrogen (secondary N) is 1. The Kier molecular flexibility index (Phi) is 5.18. The highest BCUT2D eigenvalue weighted by molar-refractivity contribution is 5.84. The molecule has 4 heteroatoms. The maximum atomic E-state index is 12.1. The fourth-order valence-corrected chi connectivity index (χ4v) is 2.46. The molecule has 0 saturated heterocycles. The lowest BCUT2D eigenvalue weighted by molar-refractivity contribution is -0.131. The first kappa shape index (κ1) is 14.6. The SMILES string of the molecule is CCN(CCCO)C(=O)CCc1c[nH]c2ccccc12. The van der Waals surface area contributed by atoms with Crippen LogP contribution in [0.15, 0.2) is 30.5 Å². The Morgan fingerprint density at radius 2 is 2.15 bits per heavy atom. The second-order valence-corrected chi connectivity index (χ2v) is 4.91. The molecule has 0 fully saturated rings. The quantitative estimate of drug-likeness (QED) is 0.814. The lowest BCUT2D eigenvalue weighted by Crippen LogP contribution is -2.32. The molecule has 1 aromatic carbocycles. The van der Waals surface area contributed by atoms with Crippen LogP contribution in [0.2, 0.25) is 0 Å². The molecule has 0 aliphatic rings. The van der Waals surface area contributed by atoms with E-state index in [0.29, 0.717) is 25.9 Å².